The van der Waals surface area contributed by atoms with Crippen molar-refractivity contribution >= 4 is 17.7 Å². The molecule has 0 aliphatic carbocycles. The van der Waals surface area contributed by atoms with Gasteiger partial charge >= 0.3 is 5.97 Å². The molecule has 3 rings (SSSR count). The number of rotatable bonds is 7. The van der Waals surface area contributed by atoms with Gasteiger partial charge in [0.25, 0.3) is 5.91 Å². The van der Waals surface area contributed by atoms with E-state index < -0.39 is 5.97 Å². The smallest absolute Gasteiger partial charge is 0.343 e. The lowest BCUT2D eigenvalue weighted by Gasteiger charge is -2.13. The Morgan fingerprint density at radius 1 is 1.29 bits per heavy atom. The first-order valence-electron chi connectivity index (χ1n) is 8.94. The van der Waals surface area contributed by atoms with E-state index in [1.807, 2.05) is 19.1 Å². The number of nitrogens with one attached hydrogen (secondary N) is 1. The van der Waals surface area contributed by atoms with E-state index in [2.05, 4.69) is 10.4 Å². The fraction of sp³-hybridized carbons (Fsp3) is 0.250. The standard InChI is InChI=1S/C20H22N4O4/c1-3-27-20(26)17-12-22-24(18(17)21)15-8-6-14(7-9-15)19(25)23-13(2)11-16-5-4-10-28-16/h4-10,12-13H,3,11,21H2,1-2H3,(H,23,25). The van der Waals surface area contributed by atoms with Crippen molar-refractivity contribution in [2.24, 2.45) is 0 Å². The molecule has 1 amide bonds. The van der Waals surface area contributed by atoms with Crippen molar-refractivity contribution in [2.75, 3.05) is 12.3 Å². The van der Waals surface area contributed by atoms with E-state index in [4.69, 9.17) is 14.9 Å². The number of ether oxygens (including phenoxy) is 1. The molecule has 1 atom stereocenters. The van der Waals surface area contributed by atoms with E-state index in [-0.39, 0.29) is 29.9 Å². The number of benzene rings is 1. The number of furan rings is 1. The molecule has 0 saturated heterocycles. The van der Waals surface area contributed by atoms with Crippen LogP contribution in [0.15, 0.2) is 53.3 Å². The first kappa shape index (κ1) is 19.2. The van der Waals surface area contributed by atoms with Gasteiger partial charge in [-0.3, -0.25) is 4.79 Å². The average molecular weight is 382 g/mol. The summed E-state index contributed by atoms with van der Waals surface area (Å²) in [5, 5.41) is 7.06. The Bertz CT molecular complexity index is 945. The van der Waals surface area contributed by atoms with E-state index in [0.29, 0.717) is 17.7 Å². The molecule has 3 N–H and O–H groups in total. The van der Waals surface area contributed by atoms with Crippen molar-refractivity contribution < 1.29 is 18.7 Å². The lowest BCUT2D eigenvalue weighted by molar-refractivity contribution is 0.0527. The summed E-state index contributed by atoms with van der Waals surface area (Å²) < 4.78 is 11.7. The fourth-order valence-corrected chi connectivity index (χ4v) is 2.77. The average Bonchev–Trinajstić information content (AvgIpc) is 3.31. The number of aromatic nitrogens is 2. The van der Waals surface area contributed by atoms with Gasteiger partial charge in [-0.2, -0.15) is 5.10 Å². The van der Waals surface area contributed by atoms with Crippen LogP contribution in [0.1, 0.15) is 40.3 Å². The predicted octanol–water partition coefficient (Wildman–Crippen LogP) is 2.59. The molecule has 0 aliphatic rings. The van der Waals surface area contributed by atoms with Crippen molar-refractivity contribution in [2.45, 2.75) is 26.3 Å². The third-order valence-corrected chi connectivity index (χ3v) is 4.14. The molecule has 0 saturated carbocycles. The molecule has 8 nitrogen and oxygen atoms in total. The lowest BCUT2D eigenvalue weighted by Crippen LogP contribution is -2.33. The summed E-state index contributed by atoms with van der Waals surface area (Å²) >= 11 is 0. The van der Waals surface area contributed by atoms with Crippen LogP contribution in [-0.4, -0.2) is 34.3 Å². The van der Waals surface area contributed by atoms with Crippen molar-refractivity contribution in [3.05, 3.63) is 65.7 Å². The number of hydrogen-bond acceptors (Lipinski definition) is 6. The van der Waals surface area contributed by atoms with Gasteiger partial charge in [0.1, 0.15) is 17.1 Å². The fourth-order valence-electron chi connectivity index (χ4n) is 2.77. The molecule has 28 heavy (non-hydrogen) atoms. The number of amides is 1. The molecular weight excluding hydrogens is 360 g/mol. The van der Waals surface area contributed by atoms with Crippen molar-refractivity contribution in [1.82, 2.24) is 15.1 Å². The van der Waals surface area contributed by atoms with Crippen LogP contribution in [0.2, 0.25) is 0 Å². The van der Waals surface area contributed by atoms with Crippen LogP contribution in [0.4, 0.5) is 5.82 Å². The summed E-state index contributed by atoms with van der Waals surface area (Å²) in [6.07, 6.45) is 3.58. The predicted molar refractivity (Wildman–Crippen MR) is 103 cm³/mol. The number of nitrogens with two attached hydrogens (primary N) is 1. The van der Waals surface area contributed by atoms with E-state index >= 15 is 0 Å². The van der Waals surface area contributed by atoms with E-state index in [1.54, 1.807) is 37.5 Å². The summed E-state index contributed by atoms with van der Waals surface area (Å²) in [5.74, 6) is 0.288. The molecule has 8 heteroatoms. The minimum absolute atomic E-state index is 0.0766. The third-order valence-electron chi connectivity index (χ3n) is 4.14. The van der Waals surface area contributed by atoms with Crippen LogP contribution in [0.3, 0.4) is 0 Å². The van der Waals surface area contributed by atoms with Gasteiger partial charge in [0.15, 0.2) is 0 Å². The SMILES string of the molecule is CCOC(=O)c1cnn(-c2ccc(C(=O)NC(C)Cc3ccco3)cc2)c1N. The van der Waals surface area contributed by atoms with Gasteiger partial charge in [-0.25, -0.2) is 9.48 Å². The van der Waals surface area contributed by atoms with Crippen molar-refractivity contribution in [3.63, 3.8) is 0 Å². The zero-order chi connectivity index (χ0) is 20.1. The maximum atomic E-state index is 12.4. The topological polar surface area (TPSA) is 112 Å². The number of nitrogen functional groups attached to an aromatic ring is 1. The largest absolute Gasteiger partial charge is 0.469 e. The van der Waals surface area contributed by atoms with Gasteiger partial charge < -0.3 is 20.2 Å². The summed E-state index contributed by atoms with van der Waals surface area (Å²) in [6.45, 7) is 3.89. The Hall–Kier alpha value is -3.55. The number of nitrogens with zero attached hydrogens (tertiary/aromatic N) is 2. The number of esters is 1. The van der Waals surface area contributed by atoms with E-state index in [1.165, 1.54) is 10.9 Å². The highest BCUT2D eigenvalue weighted by Gasteiger charge is 2.17. The number of carbonyl (C=O) groups is 2. The van der Waals surface area contributed by atoms with Gasteiger partial charge in [0.05, 0.1) is 24.8 Å². The zero-order valence-corrected chi connectivity index (χ0v) is 15.7. The van der Waals surface area contributed by atoms with Crippen molar-refractivity contribution in [3.8, 4) is 5.69 Å². The van der Waals surface area contributed by atoms with Crippen LogP contribution in [0.25, 0.3) is 5.69 Å². The second-order valence-corrected chi connectivity index (χ2v) is 6.28. The van der Waals surface area contributed by atoms with Gasteiger partial charge in [0, 0.05) is 18.0 Å². The minimum atomic E-state index is -0.521. The van der Waals surface area contributed by atoms with E-state index in [9.17, 15) is 9.59 Å². The molecule has 1 unspecified atom stereocenters. The van der Waals surface area contributed by atoms with E-state index in [0.717, 1.165) is 5.76 Å². The van der Waals surface area contributed by atoms with Crippen LogP contribution in [0.5, 0.6) is 0 Å². The molecule has 1 aromatic carbocycles. The minimum Gasteiger partial charge on any atom is -0.469 e. The van der Waals surface area contributed by atoms with Crippen LogP contribution >= 0.6 is 0 Å². The Balaban J connectivity index is 1.68. The third kappa shape index (κ3) is 4.22. The maximum Gasteiger partial charge on any atom is 0.343 e. The molecule has 0 aliphatic heterocycles. The van der Waals surface area contributed by atoms with Crippen LogP contribution in [-0.2, 0) is 11.2 Å². The summed E-state index contributed by atoms with van der Waals surface area (Å²) in [4.78, 5) is 24.3. The molecule has 0 fully saturated rings. The molecule has 2 heterocycles. The highest BCUT2D eigenvalue weighted by molar-refractivity contribution is 5.95. The van der Waals surface area contributed by atoms with Crippen molar-refractivity contribution in [1.29, 1.82) is 0 Å². The summed E-state index contributed by atoms with van der Waals surface area (Å²) in [5.41, 5.74) is 7.35. The lowest BCUT2D eigenvalue weighted by atomic mass is 10.1. The molecule has 0 spiro atoms. The highest BCUT2D eigenvalue weighted by atomic mass is 16.5. The number of hydrogen-bond donors (Lipinski definition) is 2. The molecule has 3 aromatic rings. The van der Waals surface area contributed by atoms with Gasteiger partial charge in [0.2, 0.25) is 0 Å². The molecule has 0 bridgehead atoms. The summed E-state index contributed by atoms with van der Waals surface area (Å²) in [6, 6.07) is 10.4. The highest BCUT2D eigenvalue weighted by Crippen LogP contribution is 2.18. The maximum absolute atomic E-state index is 12.4. The number of carbonyl (C=O) groups excluding carboxylic acids is 2. The molecule has 2 aromatic heterocycles. The zero-order valence-electron chi connectivity index (χ0n) is 15.7. The first-order valence-corrected chi connectivity index (χ1v) is 8.94. The monoisotopic (exact) mass is 382 g/mol. The second-order valence-electron chi connectivity index (χ2n) is 6.28. The van der Waals surface area contributed by atoms with Gasteiger partial charge in [-0.1, -0.05) is 0 Å². The Morgan fingerprint density at radius 3 is 2.68 bits per heavy atom. The molecule has 0 radical (unpaired) electrons. The Morgan fingerprint density at radius 2 is 2.04 bits per heavy atom. The Kier molecular flexibility index (Phi) is 5.78. The normalized spacial score (nSPS) is 11.8. The Labute approximate surface area is 162 Å². The van der Waals surface area contributed by atoms with Crippen LogP contribution < -0.4 is 11.1 Å². The molecular formula is C20H22N4O4. The number of anilines is 1. The second kappa shape index (κ2) is 8.43. The summed E-state index contributed by atoms with van der Waals surface area (Å²) in [7, 11) is 0. The first-order chi connectivity index (χ1) is 13.5. The van der Waals surface area contributed by atoms with Crippen LogP contribution in [0, 0.1) is 0 Å². The molecule has 146 valence electrons. The van der Waals surface area contributed by atoms with Gasteiger partial charge in [-0.15, -0.1) is 0 Å². The quantitative estimate of drug-likeness (QED) is 0.608. The van der Waals surface area contributed by atoms with Gasteiger partial charge in [-0.05, 0) is 50.2 Å².